The molecule has 0 aliphatic heterocycles. The summed E-state index contributed by atoms with van der Waals surface area (Å²) in [6, 6.07) is 29.0. The number of carbonyl (C=O) groups excluding carboxylic acids is 2. The number of nitrogens with zero attached hydrogens (tertiary/aromatic N) is 2. The maximum absolute atomic E-state index is 14.7. The van der Waals surface area contributed by atoms with E-state index in [9.17, 15) is 18.0 Å². The van der Waals surface area contributed by atoms with Crippen molar-refractivity contribution in [3.05, 3.63) is 125 Å². The first-order valence-corrected chi connectivity index (χ1v) is 18.7. The molecule has 0 unspecified atom stereocenters. The molecule has 8 nitrogen and oxygen atoms in total. The summed E-state index contributed by atoms with van der Waals surface area (Å²) in [5.41, 5.74) is 2.93. The van der Waals surface area contributed by atoms with Crippen molar-refractivity contribution in [1.82, 2.24) is 10.2 Å². The zero-order valence-electron chi connectivity index (χ0n) is 28.1. The summed E-state index contributed by atoms with van der Waals surface area (Å²) in [4.78, 5) is 30.5. The number of rotatable bonds is 14. The lowest BCUT2D eigenvalue weighted by atomic mass is 9.94. The van der Waals surface area contributed by atoms with Crippen molar-refractivity contribution >= 4 is 39.1 Å². The normalized spacial score (nSPS) is 14.1. The van der Waals surface area contributed by atoms with Gasteiger partial charge in [-0.15, -0.1) is 0 Å². The number of carbonyl (C=O) groups is 2. The third kappa shape index (κ3) is 9.64. The van der Waals surface area contributed by atoms with Crippen LogP contribution in [0.25, 0.3) is 0 Å². The molecule has 0 heterocycles. The molecule has 1 aliphatic carbocycles. The molecule has 0 aromatic heterocycles. The Hall–Kier alpha value is -4.34. The third-order valence-electron chi connectivity index (χ3n) is 8.81. The minimum Gasteiger partial charge on any atom is -0.494 e. The van der Waals surface area contributed by atoms with E-state index in [0.29, 0.717) is 23.1 Å². The van der Waals surface area contributed by atoms with Gasteiger partial charge in [-0.25, -0.2) is 8.42 Å². The van der Waals surface area contributed by atoms with Gasteiger partial charge in [0.15, 0.2) is 0 Å². The maximum atomic E-state index is 14.7. The lowest BCUT2D eigenvalue weighted by molar-refractivity contribution is -0.140. The van der Waals surface area contributed by atoms with Crippen LogP contribution in [-0.4, -0.2) is 50.4 Å². The van der Waals surface area contributed by atoms with Gasteiger partial charge in [0, 0.05) is 24.0 Å². The number of aryl methyl sites for hydroxylation is 1. The Bertz CT molecular complexity index is 1780. The SMILES string of the molecule is CCOc1ccc(S(=O)(=O)N(CC(=O)N(Cc2ccc(Cl)cc2)[C@H](Cc2ccccc2)C(=O)NC2CCCCC2)c2ccc(C)cc2)cc1. The molecule has 1 saturated carbocycles. The van der Waals surface area contributed by atoms with E-state index in [-0.39, 0.29) is 29.8 Å². The van der Waals surface area contributed by atoms with Crippen LogP contribution < -0.4 is 14.4 Å². The Labute approximate surface area is 295 Å². The first-order chi connectivity index (χ1) is 23.6. The summed E-state index contributed by atoms with van der Waals surface area (Å²) < 4.78 is 35.3. The number of nitrogens with one attached hydrogen (secondary N) is 1. The van der Waals surface area contributed by atoms with Gasteiger partial charge in [0.05, 0.1) is 17.2 Å². The first kappa shape index (κ1) is 36.0. The van der Waals surface area contributed by atoms with E-state index < -0.39 is 28.5 Å². The zero-order chi connectivity index (χ0) is 34.8. The summed E-state index contributed by atoms with van der Waals surface area (Å²) >= 11 is 6.20. The van der Waals surface area contributed by atoms with E-state index in [4.69, 9.17) is 16.3 Å². The molecule has 5 rings (SSSR count). The van der Waals surface area contributed by atoms with Gasteiger partial charge in [-0.2, -0.15) is 0 Å². The van der Waals surface area contributed by atoms with Crippen molar-refractivity contribution in [2.24, 2.45) is 0 Å². The highest BCUT2D eigenvalue weighted by Gasteiger charge is 2.35. The number of amides is 2. The summed E-state index contributed by atoms with van der Waals surface area (Å²) in [6.45, 7) is 3.77. The molecule has 1 atom stereocenters. The second-order valence-electron chi connectivity index (χ2n) is 12.4. The molecule has 4 aromatic rings. The number of halogens is 1. The standard InChI is InChI=1S/C39H44ClN3O5S/c1-3-48-35-22-24-36(25-23-35)49(46,47)43(34-20-14-29(2)15-21-34)28-38(44)42(27-31-16-18-32(40)19-17-31)37(26-30-10-6-4-7-11-30)39(45)41-33-12-8-5-9-13-33/h4,6-7,10-11,14-25,33,37H,3,5,8-9,12-13,26-28H2,1-2H3,(H,41,45)/t37-/m1/s1. The largest absolute Gasteiger partial charge is 0.494 e. The van der Waals surface area contributed by atoms with Crippen molar-refractivity contribution in [2.45, 2.75) is 75.9 Å². The number of hydrogen-bond donors (Lipinski definition) is 1. The van der Waals surface area contributed by atoms with Gasteiger partial charge < -0.3 is 15.0 Å². The topological polar surface area (TPSA) is 96.0 Å². The predicted octanol–water partition coefficient (Wildman–Crippen LogP) is 7.33. The van der Waals surface area contributed by atoms with Crippen molar-refractivity contribution in [1.29, 1.82) is 0 Å². The van der Waals surface area contributed by atoms with Crippen LogP contribution in [0.15, 0.2) is 108 Å². The fraction of sp³-hybridized carbons (Fsp3) is 0.333. The quantitative estimate of drug-likeness (QED) is 0.149. The number of ether oxygens (including phenoxy) is 1. The minimum atomic E-state index is -4.22. The van der Waals surface area contributed by atoms with Crippen molar-refractivity contribution < 1.29 is 22.7 Å². The highest BCUT2D eigenvalue weighted by atomic mass is 35.5. The van der Waals surface area contributed by atoms with Crippen molar-refractivity contribution in [3.8, 4) is 5.75 Å². The predicted molar refractivity (Wildman–Crippen MR) is 194 cm³/mol. The van der Waals surface area contributed by atoms with E-state index in [1.54, 1.807) is 36.4 Å². The molecule has 0 radical (unpaired) electrons. The van der Waals surface area contributed by atoms with E-state index in [1.807, 2.05) is 68.4 Å². The lowest BCUT2D eigenvalue weighted by Crippen LogP contribution is -2.55. The Morgan fingerprint density at radius 1 is 0.857 bits per heavy atom. The van der Waals surface area contributed by atoms with Crippen LogP contribution in [0.5, 0.6) is 5.75 Å². The number of anilines is 1. The molecule has 10 heteroatoms. The van der Waals surface area contributed by atoms with Crippen LogP contribution in [0.4, 0.5) is 5.69 Å². The molecule has 49 heavy (non-hydrogen) atoms. The van der Waals surface area contributed by atoms with Gasteiger partial charge in [-0.05, 0) is 86.3 Å². The average Bonchev–Trinajstić information content (AvgIpc) is 3.11. The summed E-state index contributed by atoms with van der Waals surface area (Å²) in [6.07, 6.45) is 5.24. The number of benzene rings is 4. The molecule has 0 spiro atoms. The fourth-order valence-electron chi connectivity index (χ4n) is 6.13. The Kier molecular flexibility index (Phi) is 12.4. The second kappa shape index (κ2) is 16.9. The molecule has 0 bridgehead atoms. The van der Waals surface area contributed by atoms with Gasteiger partial charge in [-0.3, -0.25) is 13.9 Å². The van der Waals surface area contributed by atoms with Crippen LogP contribution in [0.2, 0.25) is 5.02 Å². The van der Waals surface area contributed by atoms with Crippen molar-refractivity contribution in [2.75, 3.05) is 17.5 Å². The maximum Gasteiger partial charge on any atom is 0.264 e. The van der Waals surface area contributed by atoms with E-state index in [0.717, 1.165) is 53.1 Å². The summed E-state index contributed by atoms with van der Waals surface area (Å²) in [7, 11) is -4.22. The molecule has 1 aliphatic rings. The molecule has 0 saturated heterocycles. The smallest absolute Gasteiger partial charge is 0.264 e. The molecule has 2 amide bonds. The zero-order valence-corrected chi connectivity index (χ0v) is 29.6. The van der Waals surface area contributed by atoms with Gasteiger partial charge in [0.1, 0.15) is 18.3 Å². The third-order valence-corrected chi connectivity index (χ3v) is 10.9. The van der Waals surface area contributed by atoms with Gasteiger partial charge in [0.25, 0.3) is 10.0 Å². The van der Waals surface area contributed by atoms with E-state index in [2.05, 4.69) is 5.32 Å². The monoisotopic (exact) mass is 701 g/mol. The summed E-state index contributed by atoms with van der Waals surface area (Å²) in [5.74, 6) is -0.222. The lowest BCUT2D eigenvalue weighted by Gasteiger charge is -2.35. The Morgan fingerprint density at radius 2 is 1.51 bits per heavy atom. The highest BCUT2D eigenvalue weighted by molar-refractivity contribution is 7.92. The van der Waals surface area contributed by atoms with Gasteiger partial charge in [-0.1, -0.05) is 91.0 Å². The second-order valence-corrected chi connectivity index (χ2v) is 14.7. The molecule has 258 valence electrons. The Balaban J connectivity index is 1.55. The highest BCUT2D eigenvalue weighted by Crippen LogP contribution is 2.27. The minimum absolute atomic E-state index is 0.0180. The van der Waals surface area contributed by atoms with Crippen LogP contribution in [0, 0.1) is 6.92 Å². The first-order valence-electron chi connectivity index (χ1n) is 16.8. The molecular weight excluding hydrogens is 658 g/mol. The van der Waals surface area contributed by atoms with Gasteiger partial charge in [0.2, 0.25) is 11.8 Å². The van der Waals surface area contributed by atoms with Crippen LogP contribution in [-0.2, 0) is 32.6 Å². The number of hydrogen-bond acceptors (Lipinski definition) is 5. The Morgan fingerprint density at radius 3 is 2.14 bits per heavy atom. The van der Waals surface area contributed by atoms with E-state index in [1.165, 1.54) is 17.0 Å². The molecule has 1 N–H and O–H groups in total. The van der Waals surface area contributed by atoms with Crippen LogP contribution >= 0.6 is 11.6 Å². The van der Waals surface area contributed by atoms with Crippen LogP contribution in [0.1, 0.15) is 55.7 Å². The molecule has 4 aromatic carbocycles. The van der Waals surface area contributed by atoms with Crippen molar-refractivity contribution in [3.63, 3.8) is 0 Å². The summed E-state index contributed by atoms with van der Waals surface area (Å²) in [5, 5.41) is 3.78. The average molecular weight is 702 g/mol. The van der Waals surface area contributed by atoms with E-state index >= 15 is 0 Å². The fourth-order valence-corrected chi connectivity index (χ4v) is 7.67. The van der Waals surface area contributed by atoms with Gasteiger partial charge >= 0.3 is 0 Å². The molecular formula is C39H44ClN3O5S. The molecule has 1 fully saturated rings. The number of sulfonamides is 1. The van der Waals surface area contributed by atoms with Crippen LogP contribution in [0.3, 0.4) is 0 Å².